The van der Waals surface area contributed by atoms with Gasteiger partial charge in [-0.15, -0.1) is 0 Å². The van der Waals surface area contributed by atoms with Crippen LogP contribution >= 0.6 is 15.9 Å². The van der Waals surface area contributed by atoms with Gasteiger partial charge in [0.05, 0.1) is 24.7 Å². The first-order chi connectivity index (χ1) is 8.89. The van der Waals surface area contributed by atoms with Gasteiger partial charge < -0.3 is 9.84 Å². The molecule has 0 heterocycles. The molecule has 1 saturated carbocycles. The molecule has 1 fully saturated rings. The number of benzene rings is 1. The molecule has 0 aliphatic heterocycles. The summed E-state index contributed by atoms with van der Waals surface area (Å²) >= 11 is 3.55. The average Bonchev–Trinajstić information content (AvgIpc) is 3.20. The molecule has 1 aliphatic carbocycles. The third kappa shape index (κ3) is 2.11. The van der Waals surface area contributed by atoms with E-state index in [-0.39, 0.29) is 12.4 Å². The van der Waals surface area contributed by atoms with Gasteiger partial charge in [-0.1, -0.05) is 15.9 Å². The molecule has 3 nitrogen and oxygen atoms in total. The second-order valence-corrected chi connectivity index (χ2v) is 6.16. The number of carbonyl (C=O) groups is 1. The van der Waals surface area contributed by atoms with Gasteiger partial charge >= 0.3 is 0 Å². The predicted octanol–water partition coefficient (Wildman–Crippen LogP) is 3.34. The van der Waals surface area contributed by atoms with Crippen molar-refractivity contribution in [1.29, 1.82) is 0 Å². The Bertz CT molecular complexity index is 545. The van der Waals surface area contributed by atoms with Crippen LogP contribution in [0.25, 0.3) is 0 Å². The number of ether oxygens (including phenoxy) is 1. The summed E-state index contributed by atoms with van der Waals surface area (Å²) in [6.07, 6.45) is 1.52. The van der Waals surface area contributed by atoms with Gasteiger partial charge in [-0.2, -0.15) is 0 Å². The lowest BCUT2D eigenvalue weighted by atomic mass is 9.89. The van der Waals surface area contributed by atoms with Gasteiger partial charge in [-0.3, -0.25) is 4.79 Å². The van der Waals surface area contributed by atoms with Gasteiger partial charge in [0.1, 0.15) is 5.75 Å². The molecule has 19 heavy (non-hydrogen) atoms. The van der Waals surface area contributed by atoms with E-state index in [0.29, 0.717) is 11.3 Å². The molecule has 1 N–H and O–H groups in total. The first-order valence-corrected chi connectivity index (χ1v) is 7.18. The third-order valence-electron chi connectivity index (χ3n) is 4.23. The first-order valence-electron chi connectivity index (χ1n) is 6.38. The number of aliphatic hydroxyl groups excluding tert-OH is 1. The highest BCUT2D eigenvalue weighted by Gasteiger charge is 2.50. The highest BCUT2D eigenvalue weighted by Crippen LogP contribution is 2.50. The van der Waals surface area contributed by atoms with E-state index in [4.69, 9.17) is 4.74 Å². The van der Waals surface area contributed by atoms with Gasteiger partial charge in [-0.05, 0) is 50.3 Å². The van der Waals surface area contributed by atoms with Crippen molar-refractivity contribution in [1.82, 2.24) is 0 Å². The third-order valence-corrected chi connectivity index (χ3v) is 5.42. The van der Waals surface area contributed by atoms with Crippen molar-refractivity contribution in [2.45, 2.75) is 33.6 Å². The second kappa shape index (κ2) is 4.91. The number of rotatable bonds is 4. The number of carbonyl (C=O) groups excluding carboxylic acids is 1. The van der Waals surface area contributed by atoms with E-state index < -0.39 is 5.41 Å². The zero-order chi connectivity index (χ0) is 14.4. The topological polar surface area (TPSA) is 46.5 Å². The molecule has 0 bridgehead atoms. The molecular formula is C15H19BrO3. The Hall–Kier alpha value is -0.870. The van der Waals surface area contributed by atoms with Crippen molar-refractivity contribution in [3.63, 3.8) is 0 Å². The van der Waals surface area contributed by atoms with Crippen molar-refractivity contribution >= 4 is 21.7 Å². The average molecular weight is 327 g/mol. The summed E-state index contributed by atoms with van der Waals surface area (Å²) in [6, 6.07) is 0. The number of hydrogen-bond donors (Lipinski definition) is 1. The van der Waals surface area contributed by atoms with Gasteiger partial charge in [0.15, 0.2) is 5.78 Å². The summed E-state index contributed by atoms with van der Waals surface area (Å²) < 4.78 is 6.41. The number of Topliss-reactive ketones (excluding diaryl/α,β-unsaturated/α-hetero) is 1. The normalized spacial score (nSPS) is 16.3. The van der Waals surface area contributed by atoms with E-state index in [1.807, 2.05) is 20.8 Å². The predicted molar refractivity (Wildman–Crippen MR) is 78.0 cm³/mol. The summed E-state index contributed by atoms with van der Waals surface area (Å²) in [6.45, 7) is 5.79. The molecule has 0 saturated heterocycles. The van der Waals surface area contributed by atoms with Crippen molar-refractivity contribution < 1.29 is 14.6 Å². The molecule has 2 rings (SSSR count). The summed E-state index contributed by atoms with van der Waals surface area (Å²) in [5.74, 6) is 0.649. The highest BCUT2D eigenvalue weighted by molar-refractivity contribution is 9.10. The molecule has 1 aromatic rings. The maximum Gasteiger partial charge on any atom is 0.175 e. The van der Waals surface area contributed by atoms with Gasteiger partial charge in [-0.25, -0.2) is 0 Å². The Labute approximate surface area is 122 Å². The summed E-state index contributed by atoms with van der Waals surface area (Å²) in [7, 11) is 1.59. The van der Waals surface area contributed by atoms with Crippen LogP contribution < -0.4 is 4.74 Å². The lowest BCUT2D eigenvalue weighted by Crippen LogP contribution is -2.22. The summed E-state index contributed by atoms with van der Waals surface area (Å²) in [5.41, 5.74) is 2.99. The van der Waals surface area contributed by atoms with Crippen LogP contribution in [0.4, 0.5) is 0 Å². The molecule has 0 aromatic heterocycles. The van der Waals surface area contributed by atoms with Crippen LogP contribution in [-0.4, -0.2) is 24.6 Å². The number of aliphatic hydroxyl groups is 1. The maximum absolute atomic E-state index is 12.7. The van der Waals surface area contributed by atoms with Crippen molar-refractivity contribution in [2.75, 3.05) is 13.7 Å². The van der Waals surface area contributed by atoms with Crippen LogP contribution in [0.1, 0.15) is 39.9 Å². The highest BCUT2D eigenvalue weighted by atomic mass is 79.9. The van der Waals surface area contributed by atoms with Crippen LogP contribution in [0.2, 0.25) is 0 Å². The number of ketones is 1. The van der Waals surface area contributed by atoms with E-state index in [1.165, 1.54) is 0 Å². The van der Waals surface area contributed by atoms with Crippen LogP contribution in [0, 0.1) is 26.2 Å². The van der Waals surface area contributed by atoms with Crippen LogP contribution in [0.15, 0.2) is 4.47 Å². The molecule has 104 valence electrons. The number of methoxy groups -OCH3 is 1. The van der Waals surface area contributed by atoms with E-state index in [0.717, 1.165) is 34.0 Å². The minimum Gasteiger partial charge on any atom is -0.496 e. The Balaban J connectivity index is 2.66. The maximum atomic E-state index is 12.7. The van der Waals surface area contributed by atoms with Crippen LogP contribution in [0.5, 0.6) is 5.75 Å². The van der Waals surface area contributed by atoms with Crippen LogP contribution in [0.3, 0.4) is 0 Å². The van der Waals surface area contributed by atoms with Crippen molar-refractivity contribution in [2.24, 2.45) is 5.41 Å². The molecule has 0 unspecified atom stereocenters. The van der Waals surface area contributed by atoms with E-state index in [2.05, 4.69) is 15.9 Å². The standard InChI is InChI=1S/C15H19BrO3/c1-8-9(2)13(19-4)11(10(3)12(8)16)14(18)15(7-17)5-6-15/h17H,5-7H2,1-4H3. The molecule has 0 radical (unpaired) electrons. The number of hydrogen-bond acceptors (Lipinski definition) is 3. The smallest absolute Gasteiger partial charge is 0.175 e. The molecule has 1 aliphatic rings. The Morgan fingerprint density at radius 3 is 2.26 bits per heavy atom. The first kappa shape index (κ1) is 14.5. The van der Waals surface area contributed by atoms with E-state index in [1.54, 1.807) is 7.11 Å². The summed E-state index contributed by atoms with van der Waals surface area (Å²) in [5, 5.41) is 9.46. The fraction of sp³-hybridized carbons (Fsp3) is 0.533. The van der Waals surface area contributed by atoms with E-state index in [9.17, 15) is 9.90 Å². The SMILES string of the molecule is COc1c(C)c(C)c(Br)c(C)c1C(=O)C1(CO)CC1. The quantitative estimate of drug-likeness (QED) is 0.863. The molecule has 0 atom stereocenters. The molecule has 0 spiro atoms. The Morgan fingerprint density at radius 1 is 1.26 bits per heavy atom. The monoisotopic (exact) mass is 326 g/mol. The zero-order valence-electron chi connectivity index (χ0n) is 11.8. The lowest BCUT2D eigenvalue weighted by molar-refractivity contribution is 0.0825. The fourth-order valence-electron chi connectivity index (χ4n) is 2.49. The molecule has 4 heteroatoms. The van der Waals surface area contributed by atoms with Gasteiger partial charge in [0.25, 0.3) is 0 Å². The lowest BCUT2D eigenvalue weighted by Gasteiger charge is -2.20. The zero-order valence-corrected chi connectivity index (χ0v) is 13.3. The minimum absolute atomic E-state index is 0.00755. The second-order valence-electron chi connectivity index (χ2n) is 5.36. The van der Waals surface area contributed by atoms with Crippen molar-refractivity contribution in [3.8, 4) is 5.75 Å². The molecule has 0 amide bonds. The Kier molecular flexibility index (Phi) is 3.76. The Morgan fingerprint density at radius 2 is 1.84 bits per heavy atom. The fourth-order valence-corrected chi connectivity index (χ4v) is 2.98. The molecule has 1 aromatic carbocycles. The molecular weight excluding hydrogens is 308 g/mol. The summed E-state index contributed by atoms with van der Waals surface area (Å²) in [4.78, 5) is 12.7. The number of halogens is 1. The van der Waals surface area contributed by atoms with E-state index >= 15 is 0 Å². The van der Waals surface area contributed by atoms with Gasteiger partial charge in [0.2, 0.25) is 0 Å². The largest absolute Gasteiger partial charge is 0.496 e. The van der Waals surface area contributed by atoms with Gasteiger partial charge in [0, 0.05) is 4.47 Å². The van der Waals surface area contributed by atoms with Crippen molar-refractivity contribution in [3.05, 3.63) is 26.7 Å². The van der Waals surface area contributed by atoms with Crippen LogP contribution in [-0.2, 0) is 0 Å². The minimum atomic E-state index is -0.570.